The molecule has 0 saturated heterocycles. The van der Waals surface area contributed by atoms with Gasteiger partial charge < -0.3 is 4.52 Å². The number of aromatic amines is 1. The Morgan fingerprint density at radius 1 is 1.28 bits per heavy atom. The van der Waals surface area contributed by atoms with E-state index >= 15 is 0 Å². The van der Waals surface area contributed by atoms with Crippen molar-refractivity contribution in [2.45, 2.75) is 32.7 Å². The minimum atomic E-state index is -0.242. The van der Waals surface area contributed by atoms with E-state index in [2.05, 4.69) is 32.2 Å². The zero-order chi connectivity index (χ0) is 17.8. The van der Waals surface area contributed by atoms with Crippen LogP contribution in [0, 0.1) is 12.7 Å². The lowest BCUT2D eigenvalue weighted by Gasteiger charge is -2.21. The predicted molar refractivity (Wildman–Crippen MR) is 92.4 cm³/mol. The van der Waals surface area contributed by atoms with E-state index in [1.165, 1.54) is 12.1 Å². The third-order valence-corrected chi connectivity index (χ3v) is 4.29. The molecule has 3 rings (SSSR count). The molecule has 0 radical (unpaired) electrons. The summed E-state index contributed by atoms with van der Waals surface area (Å²) in [4.78, 5) is 6.46. The van der Waals surface area contributed by atoms with Crippen molar-refractivity contribution in [2.24, 2.45) is 0 Å². The molecule has 0 amide bonds. The van der Waals surface area contributed by atoms with Crippen LogP contribution >= 0.6 is 0 Å². The van der Waals surface area contributed by atoms with Crippen LogP contribution in [0.4, 0.5) is 4.39 Å². The lowest BCUT2D eigenvalue weighted by molar-refractivity contribution is 0.207. The van der Waals surface area contributed by atoms with Crippen molar-refractivity contribution in [2.75, 3.05) is 13.6 Å². The first kappa shape index (κ1) is 17.3. The topological polar surface area (TPSA) is 70.8 Å². The van der Waals surface area contributed by atoms with Gasteiger partial charge in [-0.1, -0.05) is 5.16 Å². The van der Waals surface area contributed by atoms with E-state index in [0.29, 0.717) is 11.7 Å². The highest BCUT2D eigenvalue weighted by atomic mass is 19.1. The largest absolute Gasteiger partial charge is 0.338 e. The van der Waals surface area contributed by atoms with Crippen molar-refractivity contribution < 1.29 is 8.91 Å². The van der Waals surface area contributed by atoms with Crippen molar-refractivity contribution in [3.8, 4) is 11.3 Å². The predicted octanol–water partition coefficient (Wildman–Crippen LogP) is 3.53. The Labute approximate surface area is 146 Å². The first-order valence-electron chi connectivity index (χ1n) is 8.33. The number of hydrogen-bond acceptors (Lipinski definition) is 5. The molecule has 0 spiro atoms. The van der Waals surface area contributed by atoms with Crippen LogP contribution in [-0.2, 0) is 6.42 Å². The Balaban J connectivity index is 1.51. The van der Waals surface area contributed by atoms with Crippen LogP contribution in [0.1, 0.15) is 36.8 Å². The Kier molecular flexibility index (Phi) is 5.23. The summed E-state index contributed by atoms with van der Waals surface area (Å²) in [6.45, 7) is 4.76. The maximum absolute atomic E-state index is 13.0. The second-order valence-electron chi connectivity index (χ2n) is 6.23. The summed E-state index contributed by atoms with van der Waals surface area (Å²) in [5.41, 5.74) is 2.80. The van der Waals surface area contributed by atoms with Crippen molar-refractivity contribution >= 4 is 0 Å². The second-order valence-corrected chi connectivity index (χ2v) is 6.23. The number of H-pyrrole nitrogens is 1. The fourth-order valence-corrected chi connectivity index (χ4v) is 2.64. The van der Waals surface area contributed by atoms with Crippen LogP contribution in [0.3, 0.4) is 0 Å². The third kappa shape index (κ3) is 4.30. The minimum Gasteiger partial charge on any atom is -0.338 e. The highest BCUT2D eigenvalue weighted by molar-refractivity contribution is 5.58. The average molecular weight is 343 g/mol. The smallest absolute Gasteiger partial charge is 0.243 e. The molecule has 0 fully saturated rings. The highest BCUT2D eigenvalue weighted by Gasteiger charge is 2.17. The third-order valence-electron chi connectivity index (χ3n) is 4.29. The van der Waals surface area contributed by atoms with Gasteiger partial charge in [0.25, 0.3) is 0 Å². The quantitative estimate of drug-likeness (QED) is 0.710. The highest BCUT2D eigenvalue weighted by Crippen LogP contribution is 2.20. The van der Waals surface area contributed by atoms with E-state index in [-0.39, 0.29) is 11.9 Å². The molecule has 0 aliphatic heterocycles. The molecular formula is C18H22FN5O. The molecule has 0 aliphatic carbocycles. The van der Waals surface area contributed by atoms with E-state index in [1.54, 1.807) is 12.1 Å². The SMILES string of the molecule is Cc1noc([C@@H](C)N(C)CCCc2cc(-c3ccc(F)cc3)n[nH]2)n1. The molecule has 0 aliphatic rings. The summed E-state index contributed by atoms with van der Waals surface area (Å²) < 4.78 is 18.2. The van der Waals surface area contributed by atoms with E-state index in [1.807, 2.05) is 20.0 Å². The number of rotatable bonds is 7. The molecule has 2 heterocycles. The Morgan fingerprint density at radius 3 is 2.72 bits per heavy atom. The molecule has 132 valence electrons. The summed E-state index contributed by atoms with van der Waals surface area (Å²) in [5.74, 6) is 1.05. The van der Waals surface area contributed by atoms with E-state index in [4.69, 9.17) is 4.52 Å². The molecule has 0 bridgehead atoms. The fourth-order valence-electron chi connectivity index (χ4n) is 2.64. The van der Waals surface area contributed by atoms with Gasteiger partial charge in [0, 0.05) is 11.3 Å². The van der Waals surface area contributed by atoms with Crippen LogP contribution < -0.4 is 0 Å². The standard InChI is InChI=1S/C18H22FN5O/c1-12(18-20-13(2)23-25-18)24(3)10-4-5-16-11-17(22-21-16)14-6-8-15(19)9-7-14/h6-9,11-12H,4-5,10H2,1-3H3,(H,21,22)/t12-/m1/s1. The second kappa shape index (κ2) is 7.57. The van der Waals surface area contributed by atoms with E-state index in [9.17, 15) is 4.39 Å². The van der Waals surface area contributed by atoms with Gasteiger partial charge in [0.1, 0.15) is 5.82 Å². The van der Waals surface area contributed by atoms with Gasteiger partial charge in [0.2, 0.25) is 5.89 Å². The fraction of sp³-hybridized carbons (Fsp3) is 0.389. The van der Waals surface area contributed by atoms with Crippen molar-refractivity contribution in [3.05, 3.63) is 53.6 Å². The number of benzene rings is 1. The average Bonchev–Trinajstić information content (AvgIpc) is 3.24. The molecule has 0 unspecified atom stereocenters. The Hall–Kier alpha value is -2.54. The zero-order valence-corrected chi connectivity index (χ0v) is 14.7. The number of halogens is 1. The molecule has 7 heteroatoms. The molecule has 6 nitrogen and oxygen atoms in total. The lowest BCUT2D eigenvalue weighted by Crippen LogP contribution is -2.24. The van der Waals surface area contributed by atoms with Gasteiger partial charge in [0.15, 0.2) is 5.82 Å². The normalized spacial score (nSPS) is 12.7. The number of nitrogens with one attached hydrogen (secondary N) is 1. The summed E-state index contributed by atoms with van der Waals surface area (Å²) in [5, 5.41) is 11.2. The summed E-state index contributed by atoms with van der Waals surface area (Å²) in [6.07, 6.45) is 1.85. The molecule has 1 atom stereocenters. The zero-order valence-electron chi connectivity index (χ0n) is 14.7. The van der Waals surface area contributed by atoms with Crippen molar-refractivity contribution in [3.63, 3.8) is 0 Å². The number of aromatic nitrogens is 4. The number of nitrogens with zero attached hydrogens (tertiary/aromatic N) is 4. The molecule has 2 aromatic heterocycles. The summed E-state index contributed by atoms with van der Waals surface area (Å²) in [7, 11) is 2.04. The van der Waals surface area contributed by atoms with Gasteiger partial charge >= 0.3 is 0 Å². The Bertz CT molecular complexity index is 811. The van der Waals surface area contributed by atoms with Gasteiger partial charge in [-0.2, -0.15) is 10.1 Å². The van der Waals surface area contributed by atoms with Crippen LogP contribution in [0.5, 0.6) is 0 Å². The lowest BCUT2D eigenvalue weighted by atomic mass is 10.1. The van der Waals surface area contributed by atoms with Gasteiger partial charge in [0.05, 0.1) is 11.7 Å². The van der Waals surface area contributed by atoms with Gasteiger partial charge in [-0.25, -0.2) is 4.39 Å². The van der Waals surface area contributed by atoms with Crippen LogP contribution in [0.15, 0.2) is 34.9 Å². The molecule has 25 heavy (non-hydrogen) atoms. The van der Waals surface area contributed by atoms with Crippen molar-refractivity contribution in [1.29, 1.82) is 0 Å². The molecule has 1 N–H and O–H groups in total. The molecular weight excluding hydrogens is 321 g/mol. The first-order valence-corrected chi connectivity index (χ1v) is 8.33. The van der Waals surface area contributed by atoms with Crippen LogP contribution in [0.25, 0.3) is 11.3 Å². The summed E-state index contributed by atoms with van der Waals surface area (Å²) in [6, 6.07) is 8.45. The number of hydrogen-bond donors (Lipinski definition) is 1. The van der Waals surface area contributed by atoms with Gasteiger partial charge in [-0.05, 0) is 70.6 Å². The molecule has 0 saturated carbocycles. The van der Waals surface area contributed by atoms with Gasteiger partial charge in [-0.15, -0.1) is 0 Å². The van der Waals surface area contributed by atoms with Crippen LogP contribution in [-0.4, -0.2) is 38.8 Å². The number of aryl methyl sites for hydroxylation is 2. The van der Waals surface area contributed by atoms with Crippen LogP contribution in [0.2, 0.25) is 0 Å². The van der Waals surface area contributed by atoms with E-state index < -0.39 is 0 Å². The van der Waals surface area contributed by atoms with Crippen molar-refractivity contribution in [1.82, 2.24) is 25.2 Å². The maximum Gasteiger partial charge on any atom is 0.243 e. The molecule has 3 aromatic rings. The Morgan fingerprint density at radius 2 is 2.04 bits per heavy atom. The molecule has 1 aromatic carbocycles. The summed E-state index contributed by atoms with van der Waals surface area (Å²) >= 11 is 0. The maximum atomic E-state index is 13.0. The first-order chi connectivity index (χ1) is 12.0. The minimum absolute atomic E-state index is 0.0812. The van der Waals surface area contributed by atoms with Gasteiger partial charge in [-0.3, -0.25) is 10.00 Å². The van der Waals surface area contributed by atoms with E-state index in [0.717, 1.165) is 36.3 Å². The monoisotopic (exact) mass is 343 g/mol.